The number of aromatic nitrogens is 2. The summed E-state index contributed by atoms with van der Waals surface area (Å²) in [5, 5.41) is 3.29. The molecule has 1 fully saturated rings. The summed E-state index contributed by atoms with van der Waals surface area (Å²) in [5.41, 5.74) is 0.652. The maximum absolute atomic E-state index is 13.0. The van der Waals surface area contributed by atoms with Gasteiger partial charge in [0.25, 0.3) is 5.56 Å². The summed E-state index contributed by atoms with van der Waals surface area (Å²) in [6, 6.07) is 11.5. The van der Waals surface area contributed by atoms with Crippen LogP contribution in [0.1, 0.15) is 17.7 Å². The maximum atomic E-state index is 13.0. The van der Waals surface area contributed by atoms with Gasteiger partial charge in [0.05, 0.1) is 16.7 Å². The number of aryl methyl sites for hydroxylation is 1. The average Bonchev–Trinajstić information content (AvgIpc) is 3.39. The van der Waals surface area contributed by atoms with E-state index in [2.05, 4.69) is 6.07 Å². The number of fused-ring (bicyclic) bond motifs is 1. The van der Waals surface area contributed by atoms with Gasteiger partial charge in [-0.2, -0.15) is 0 Å². The van der Waals surface area contributed by atoms with Crippen molar-refractivity contribution in [2.75, 3.05) is 18.8 Å². The van der Waals surface area contributed by atoms with E-state index in [-0.39, 0.29) is 11.5 Å². The highest BCUT2D eigenvalue weighted by Gasteiger charge is 2.19. The van der Waals surface area contributed by atoms with Gasteiger partial charge in [-0.3, -0.25) is 14.2 Å². The number of thioether (sulfide) groups is 1. The van der Waals surface area contributed by atoms with Crippen molar-refractivity contribution < 1.29 is 4.79 Å². The van der Waals surface area contributed by atoms with E-state index in [9.17, 15) is 9.59 Å². The zero-order valence-corrected chi connectivity index (χ0v) is 16.6. The molecule has 1 saturated heterocycles. The minimum absolute atomic E-state index is 0.0340. The Labute approximate surface area is 166 Å². The Morgan fingerprint density at radius 3 is 2.74 bits per heavy atom. The Hall–Kier alpha value is -2.12. The SMILES string of the molecule is O=C(CSc1nc2ccccc2c(=O)n1CCc1cccs1)N1CCCC1. The molecule has 1 aliphatic heterocycles. The van der Waals surface area contributed by atoms with Crippen molar-refractivity contribution in [3.63, 3.8) is 0 Å². The largest absolute Gasteiger partial charge is 0.342 e. The molecular weight excluding hydrogens is 378 g/mol. The van der Waals surface area contributed by atoms with Crippen LogP contribution in [0.3, 0.4) is 0 Å². The van der Waals surface area contributed by atoms with Crippen molar-refractivity contribution in [2.24, 2.45) is 0 Å². The standard InChI is InChI=1S/C20H21N3O2S2/c24-18(22-10-3-4-11-22)14-27-20-21-17-8-2-1-7-16(17)19(25)23(20)12-9-15-6-5-13-26-15/h1-2,5-8,13H,3-4,9-12,14H2. The molecule has 1 aliphatic rings. The third kappa shape index (κ3) is 4.09. The molecule has 0 spiro atoms. The predicted molar refractivity (Wildman–Crippen MR) is 111 cm³/mol. The molecule has 5 nitrogen and oxygen atoms in total. The van der Waals surface area contributed by atoms with Gasteiger partial charge in [-0.25, -0.2) is 4.98 Å². The van der Waals surface area contributed by atoms with Gasteiger partial charge in [0, 0.05) is 24.5 Å². The van der Waals surface area contributed by atoms with E-state index in [1.807, 2.05) is 40.6 Å². The molecule has 140 valence electrons. The number of likely N-dealkylation sites (tertiary alicyclic amines) is 1. The molecule has 4 rings (SSSR count). The highest BCUT2D eigenvalue weighted by Crippen LogP contribution is 2.20. The number of amides is 1. The van der Waals surface area contributed by atoms with Crippen LogP contribution in [0, 0.1) is 0 Å². The van der Waals surface area contributed by atoms with E-state index < -0.39 is 0 Å². The lowest BCUT2D eigenvalue weighted by atomic mass is 10.2. The van der Waals surface area contributed by atoms with Crippen molar-refractivity contribution in [1.29, 1.82) is 0 Å². The molecule has 0 bridgehead atoms. The van der Waals surface area contributed by atoms with Crippen LogP contribution in [-0.4, -0.2) is 39.2 Å². The molecule has 0 N–H and O–H groups in total. The van der Waals surface area contributed by atoms with Crippen LogP contribution in [0.2, 0.25) is 0 Å². The van der Waals surface area contributed by atoms with E-state index in [0.717, 1.165) is 32.4 Å². The summed E-state index contributed by atoms with van der Waals surface area (Å²) in [6.07, 6.45) is 2.94. The van der Waals surface area contributed by atoms with Crippen LogP contribution < -0.4 is 5.56 Å². The summed E-state index contributed by atoms with van der Waals surface area (Å²) in [4.78, 5) is 33.3. The van der Waals surface area contributed by atoms with Crippen molar-refractivity contribution in [3.8, 4) is 0 Å². The molecular formula is C20H21N3O2S2. The number of para-hydroxylation sites is 1. The topological polar surface area (TPSA) is 55.2 Å². The summed E-state index contributed by atoms with van der Waals surface area (Å²) >= 11 is 3.06. The predicted octanol–water partition coefficient (Wildman–Crippen LogP) is 3.42. The zero-order valence-electron chi connectivity index (χ0n) is 15.0. The molecule has 7 heteroatoms. The lowest BCUT2D eigenvalue weighted by Crippen LogP contribution is -2.30. The Morgan fingerprint density at radius 1 is 1.15 bits per heavy atom. The van der Waals surface area contributed by atoms with Crippen molar-refractivity contribution >= 4 is 39.9 Å². The molecule has 2 aromatic heterocycles. The fourth-order valence-corrected chi connectivity index (χ4v) is 4.94. The number of carbonyl (C=O) groups excluding carboxylic acids is 1. The molecule has 1 aromatic carbocycles. The number of thiophene rings is 1. The summed E-state index contributed by atoms with van der Waals surface area (Å²) in [6.45, 7) is 2.25. The lowest BCUT2D eigenvalue weighted by Gasteiger charge is -2.16. The van der Waals surface area contributed by atoms with Crippen LogP contribution in [0.15, 0.2) is 51.7 Å². The highest BCUT2D eigenvalue weighted by atomic mass is 32.2. The van der Waals surface area contributed by atoms with Gasteiger partial charge < -0.3 is 4.90 Å². The first-order chi connectivity index (χ1) is 13.2. The molecule has 1 amide bonds. The number of nitrogens with zero attached hydrogens (tertiary/aromatic N) is 3. The Kier molecular flexibility index (Phi) is 5.59. The third-order valence-electron chi connectivity index (χ3n) is 4.77. The third-order valence-corrected chi connectivity index (χ3v) is 6.67. The van der Waals surface area contributed by atoms with E-state index in [1.54, 1.807) is 15.9 Å². The molecule has 27 heavy (non-hydrogen) atoms. The number of benzene rings is 1. The van der Waals surface area contributed by atoms with Crippen LogP contribution >= 0.6 is 23.1 Å². The minimum atomic E-state index is -0.0340. The first-order valence-electron chi connectivity index (χ1n) is 9.15. The summed E-state index contributed by atoms with van der Waals surface area (Å²) in [7, 11) is 0. The number of hydrogen-bond donors (Lipinski definition) is 0. The van der Waals surface area contributed by atoms with Crippen molar-refractivity contribution in [1.82, 2.24) is 14.5 Å². The first kappa shape index (κ1) is 18.3. The normalized spacial score (nSPS) is 14.1. The van der Waals surface area contributed by atoms with E-state index in [0.29, 0.717) is 28.4 Å². The molecule has 3 heterocycles. The molecule has 3 aromatic rings. The number of rotatable bonds is 6. The quantitative estimate of drug-likeness (QED) is 0.471. The monoisotopic (exact) mass is 399 g/mol. The second-order valence-corrected chi connectivity index (χ2v) is 8.55. The first-order valence-corrected chi connectivity index (χ1v) is 11.0. The van der Waals surface area contributed by atoms with Gasteiger partial charge >= 0.3 is 0 Å². The second kappa shape index (κ2) is 8.27. The highest BCUT2D eigenvalue weighted by molar-refractivity contribution is 7.99. The number of carbonyl (C=O) groups is 1. The smallest absolute Gasteiger partial charge is 0.262 e. The Balaban J connectivity index is 1.61. The number of hydrogen-bond acceptors (Lipinski definition) is 5. The van der Waals surface area contributed by atoms with Gasteiger partial charge in [-0.1, -0.05) is 30.0 Å². The molecule has 0 aliphatic carbocycles. The van der Waals surface area contributed by atoms with Crippen LogP contribution in [0.4, 0.5) is 0 Å². The fourth-order valence-electron chi connectivity index (χ4n) is 3.32. The maximum Gasteiger partial charge on any atom is 0.262 e. The minimum Gasteiger partial charge on any atom is -0.342 e. The van der Waals surface area contributed by atoms with Crippen LogP contribution in [-0.2, 0) is 17.8 Å². The Bertz CT molecular complexity index is 992. The van der Waals surface area contributed by atoms with Crippen molar-refractivity contribution in [3.05, 3.63) is 57.0 Å². The van der Waals surface area contributed by atoms with E-state index in [4.69, 9.17) is 4.98 Å². The zero-order chi connectivity index (χ0) is 18.6. The van der Waals surface area contributed by atoms with E-state index >= 15 is 0 Å². The average molecular weight is 400 g/mol. The van der Waals surface area contributed by atoms with Gasteiger partial charge in [0.2, 0.25) is 5.91 Å². The molecule has 0 saturated carbocycles. The summed E-state index contributed by atoms with van der Waals surface area (Å²) < 4.78 is 1.73. The van der Waals surface area contributed by atoms with E-state index in [1.165, 1.54) is 16.6 Å². The van der Waals surface area contributed by atoms with Gasteiger partial charge in [0.1, 0.15) is 0 Å². The molecule has 0 radical (unpaired) electrons. The van der Waals surface area contributed by atoms with Crippen LogP contribution in [0.5, 0.6) is 0 Å². The van der Waals surface area contributed by atoms with Gasteiger partial charge in [-0.05, 0) is 42.8 Å². The van der Waals surface area contributed by atoms with Gasteiger partial charge in [-0.15, -0.1) is 11.3 Å². The van der Waals surface area contributed by atoms with Crippen LogP contribution in [0.25, 0.3) is 10.9 Å². The summed E-state index contributed by atoms with van der Waals surface area (Å²) in [5.74, 6) is 0.453. The molecule has 0 atom stereocenters. The Morgan fingerprint density at radius 2 is 1.96 bits per heavy atom. The fraction of sp³-hybridized carbons (Fsp3) is 0.350. The second-order valence-electron chi connectivity index (χ2n) is 6.57. The van der Waals surface area contributed by atoms with Crippen molar-refractivity contribution in [2.45, 2.75) is 31.0 Å². The lowest BCUT2D eigenvalue weighted by molar-refractivity contribution is -0.127. The molecule has 0 unspecified atom stereocenters. The van der Waals surface area contributed by atoms with Gasteiger partial charge in [0.15, 0.2) is 5.16 Å².